The van der Waals surface area contributed by atoms with E-state index in [0.717, 1.165) is 50.1 Å². The van der Waals surface area contributed by atoms with Crippen molar-refractivity contribution in [3.05, 3.63) is 24.3 Å². The predicted octanol–water partition coefficient (Wildman–Crippen LogP) is 1.71. The average molecular weight is 382 g/mol. The van der Waals surface area contributed by atoms with Gasteiger partial charge in [-0.3, -0.25) is 4.90 Å². The molecule has 1 atom stereocenters. The van der Waals surface area contributed by atoms with Gasteiger partial charge in [-0.15, -0.1) is 13.2 Å². The molecule has 2 N–H and O–H groups in total. The number of benzene rings is 1. The van der Waals surface area contributed by atoms with Crippen LogP contribution in [0.25, 0.3) is 0 Å². The second-order valence-electron chi connectivity index (χ2n) is 5.79. The molecule has 0 unspecified atom stereocenters. The fraction of sp³-hybridized carbons (Fsp3) is 0.600. The molecular weight excluding hydrogens is 361 g/mol. The Balaban J connectivity index is 1.90. The van der Waals surface area contributed by atoms with E-state index in [9.17, 15) is 26.7 Å². The van der Waals surface area contributed by atoms with E-state index < -0.39 is 22.1 Å². The van der Waals surface area contributed by atoms with Crippen molar-refractivity contribution in [1.29, 1.82) is 0 Å². The standard InChI is InChI=1S/C15H21F3N2O4S/c16-15(17,18)24-13-4-6-14(7-5-13)25(22,23)19-8-10-20-9-2-1-3-12(20)11-21/h4-7,12,19,21H,1-3,8-11H2/t12-/m1/s1. The Morgan fingerprint density at radius 1 is 1.24 bits per heavy atom. The molecule has 1 aromatic carbocycles. The van der Waals surface area contributed by atoms with E-state index in [-0.39, 0.29) is 24.1 Å². The summed E-state index contributed by atoms with van der Waals surface area (Å²) in [5, 5.41) is 9.33. The lowest BCUT2D eigenvalue weighted by Gasteiger charge is -2.34. The third-order valence-corrected chi connectivity index (χ3v) is 5.50. The molecule has 1 aliphatic rings. The molecule has 1 saturated heterocycles. The second kappa shape index (κ2) is 8.35. The molecular formula is C15H21F3N2O4S. The van der Waals surface area contributed by atoms with Crippen molar-refractivity contribution in [2.75, 3.05) is 26.2 Å². The van der Waals surface area contributed by atoms with Gasteiger partial charge in [0.15, 0.2) is 0 Å². The molecule has 0 aromatic heterocycles. The molecule has 0 saturated carbocycles. The number of nitrogens with one attached hydrogen (secondary N) is 1. The maximum Gasteiger partial charge on any atom is 0.573 e. The maximum absolute atomic E-state index is 12.2. The quantitative estimate of drug-likeness (QED) is 0.751. The van der Waals surface area contributed by atoms with E-state index in [1.54, 1.807) is 0 Å². The molecule has 0 aliphatic carbocycles. The van der Waals surface area contributed by atoms with Gasteiger partial charge in [-0.2, -0.15) is 0 Å². The van der Waals surface area contributed by atoms with Crippen molar-refractivity contribution in [2.45, 2.75) is 36.6 Å². The van der Waals surface area contributed by atoms with Crippen LogP contribution in [0.1, 0.15) is 19.3 Å². The predicted molar refractivity (Wildman–Crippen MR) is 84.6 cm³/mol. The van der Waals surface area contributed by atoms with Crippen LogP contribution in [0.2, 0.25) is 0 Å². The van der Waals surface area contributed by atoms with Crippen molar-refractivity contribution in [3.8, 4) is 5.75 Å². The van der Waals surface area contributed by atoms with E-state index in [2.05, 4.69) is 9.46 Å². The number of hydrogen-bond donors (Lipinski definition) is 2. The van der Waals surface area contributed by atoms with Crippen molar-refractivity contribution < 1.29 is 31.4 Å². The van der Waals surface area contributed by atoms with Crippen LogP contribution in [-0.2, 0) is 10.0 Å². The number of nitrogens with zero attached hydrogens (tertiary/aromatic N) is 1. The summed E-state index contributed by atoms with van der Waals surface area (Å²) in [6.45, 7) is 1.45. The minimum Gasteiger partial charge on any atom is -0.406 e. The minimum atomic E-state index is -4.82. The van der Waals surface area contributed by atoms with Gasteiger partial charge in [0.25, 0.3) is 0 Å². The third kappa shape index (κ3) is 6.14. The van der Waals surface area contributed by atoms with Crippen LogP contribution < -0.4 is 9.46 Å². The monoisotopic (exact) mass is 382 g/mol. The number of halogens is 3. The lowest BCUT2D eigenvalue weighted by atomic mass is 10.0. The van der Waals surface area contributed by atoms with Gasteiger partial charge in [-0.1, -0.05) is 6.42 Å². The Kier molecular flexibility index (Phi) is 6.66. The largest absolute Gasteiger partial charge is 0.573 e. The average Bonchev–Trinajstić information content (AvgIpc) is 2.54. The van der Waals surface area contributed by atoms with Crippen LogP contribution in [0.5, 0.6) is 5.75 Å². The fourth-order valence-electron chi connectivity index (χ4n) is 2.79. The van der Waals surface area contributed by atoms with Gasteiger partial charge in [0, 0.05) is 19.1 Å². The highest BCUT2D eigenvalue weighted by Crippen LogP contribution is 2.23. The van der Waals surface area contributed by atoms with Gasteiger partial charge in [-0.05, 0) is 43.7 Å². The first-order valence-corrected chi connectivity index (χ1v) is 9.40. The number of aliphatic hydroxyl groups is 1. The molecule has 1 aromatic rings. The van der Waals surface area contributed by atoms with Crippen molar-refractivity contribution in [1.82, 2.24) is 9.62 Å². The Morgan fingerprint density at radius 3 is 2.52 bits per heavy atom. The Morgan fingerprint density at radius 2 is 1.92 bits per heavy atom. The van der Waals surface area contributed by atoms with Crippen LogP contribution in [-0.4, -0.2) is 57.1 Å². The zero-order valence-corrected chi connectivity index (χ0v) is 14.3. The second-order valence-corrected chi connectivity index (χ2v) is 7.55. The number of aliphatic hydroxyl groups excluding tert-OH is 1. The number of hydrogen-bond acceptors (Lipinski definition) is 5. The molecule has 0 spiro atoms. The first kappa shape index (κ1) is 20.0. The smallest absolute Gasteiger partial charge is 0.406 e. The number of likely N-dealkylation sites (tertiary alicyclic amines) is 1. The van der Waals surface area contributed by atoms with Gasteiger partial charge >= 0.3 is 6.36 Å². The molecule has 6 nitrogen and oxygen atoms in total. The number of rotatable bonds is 7. The van der Waals surface area contributed by atoms with Crippen LogP contribution in [0.3, 0.4) is 0 Å². The summed E-state index contributed by atoms with van der Waals surface area (Å²) in [5.41, 5.74) is 0. The molecule has 10 heteroatoms. The first-order chi connectivity index (χ1) is 11.7. The summed E-state index contributed by atoms with van der Waals surface area (Å²) in [6, 6.07) is 4.06. The van der Waals surface area contributed by atoms with E-state index in [4.69, 9.17) is 0 Å². The molecule has 142 valence electrons. The molecule has 1 fully saturated rings. The van der Waals surface area contributed by atoms with Crippen LogP contribution in [0.15, 0.2) is 29.2 Å². The zero-order valence-electron chi connectivity index (χ0n) is 13.5. The normalized spacial score (nSPS) is 19.8. The van der Waals surface area contributed by atoms with E-state index in [1.807, 2.05) is 4.90 Å². The maximum atomic E-state index is 12.2. The van der Waals surface area contributed by atoms with Gasteiger partial charge < -0.3 is 9.84 Å². The summed E-state index contributed by atoms with van der Waals surface area (Å²) < 4.78 is 66.8. The molecule has 0 radical (unpaired) electrons. The van der Waals surface area contributed by atoms with Gasteiger partial charge in [-0.25, -0.2) is 13.1 Å². The summed E-state index contributed by atoms with van der Waals surface area (Å²) in [4.78, 5) is 1.89. The van der Waals surface area contributed by atoms with E-state index in [0.29, 0.717) is 6.54 Å². The summed E-state index contributed by atoms with van der Waals surface area (Å²) in [5.74, 6) is -0.481. The number of ether oxygens (including phenoxy) is 1. The van der Waals surface area contributed by atoms with Crippen LogP contribution in [0.4, 0.5) is 13.2 Å². The lowest BCUT2D eigenvalue weighted by molar-refractivity contribution is -0.274. The van der Waals surface area contributed by atoms with Crippen molar-refractivity contribution >= 4 is 10.0 Å². The highest BCUT2D eigenvalue weighted by Gasteiger charge is 2.31. The number of piperidine rings is 1. The summed E-state index contributed by atoms with van der Waals surface area (Å²) in [6.07, 6.45) is -1.90. The van der Waals surface area contributed by atoms with Crippen LogP contribution >= 0.6 is 0 Å². The lowest BCUT2D eigenvalue weighted by Crippen LogP contribution is -2.45. The molecule has 25 heavy (non-hydrogen) atoms. The SMILES string of the molecule is O=S(=O)(NCCN1CCCC[C@@H]1CO)c1ccc(OC(F)(F)F)cc1. The molecule has 1 aliphatic heterocycles. The molecule has 0 amide bonds. The van der Waals surface area contributed by atoms with Crippen molar-refractivity contribution in [3.63, 3.8) is 0 Å². The van der Waals surface area contributed by atoms with Crippen molar-refractivity contribution in [2.24, 2.45) is 0 Å². The number of sulfonamides is 1. The van der Waals surface area contributed by atoms with E-state index >= 15 is 0 Å². The summed E-state index contributed by atoms with van der Waals surface area (Å²) in [7, 11) is -3.82. The Bertz CT molecular complexity index is 650. The molecule has 1 heterocycles. The number of alkyl halides is 3. The highest BCUT2D eigenvalue weighted by molar-refractivity contribution is 7.89. The third-order valence-electron chi connectivity index (χ3n) is 4.02. The van der Waals surface area contributed by atoms with Gasteiger partial charge in [0.1, 0.15) is 5.75 Å². The Hall–Kier alpha value is -1.36. The highest BCUT2D eigenvalue weighted by atomic mass is 32.2. The fourth-order valence-corrected chi connectivity index (χ4v) is 3.81. The zero-order chi connectivity index (χ0) is 18.5. The summed E-state index contributed by atoms with van der Waals surface area (Å²) >= 11 is 0. The van der Waals surface area contributed by atoms with Gasteiger partial charge in [0.2, 0.25) is 10.0 Å². The Labute approximate surface area is 144 Å². The molecule has 0 bridgehead atoms. The molecule has 2 rings (SSSR count). The minimum absolute atomic E-state index is 0.0351. The van der Waals surface area contributed by atoms with Gasteiger partial charge in [0.05, 0.1) is 11.5 Å². The van der Waals surface area contributed by atoms with E-state index in [1.165, 1.54) is 0 Å². The topological polar surface area (TPSA) is 78.9 Å². The van der Waals surface area contributed by atoms with Crippen LogP contribution in [0, 0.1) is 0 Å². The first-order valence-electron chi connectivity index (χ1n) is 7.92.